The molecule has 13 heteroatoms. The van der Waals surface area contributed by atoms with E-state index in [9.17, 15) is 24.0 Å². The minimum Gasteiger partial charge on any atom is -0.467 e. The number of nitrogens with one attached hydrogen (secondary N) is 3. The lowest BCUT2D eigenvalue weighted by Gasteiger charge is -2.43. The Labute approximate surface area is 231 Å². The van der Waals surface area contributed by atoms with E-state index < -0.39 is 72.7 Å². The number of nitrogens with zero attached hydrogens (tertiary/aromatic N) is 1. The molecule has 39 heavy (non-hydrogen) atoms. The normalized spacial score (nSPS) is 21.8. The van der Waals surface area contributed by atoms with E-state index in [-0.39, 0.29) is 24.3 Å². The first-order valence-corrected chi connectivity index (χ1v) is 13.3. The average Bonchev–Trinajstić information content (AvgIpc) is 2.87. The molecule has 0 spiro atoms. The van der Waals surface area contributed by atoms with Gasteiger partial charge in [0, 0.05) is 7.11 Å². The van der Waals surface area contributed by atoms with Gasteiger partial charge in [-0.2, -0.15) is 0 Å². The molecule has 0 aromatic heterocycles. The van der Waals surface area contributed by atoms with Crippen LogP contribution in [0.4, 0.5) is 0 Å². The van der Waals surface area contributed by atoms with Crippen LogP contribution in [0, 0.1) is 17.8 Å². The fraction of sp³-hybridized carbons (Fsp3) is 0.808. The molecule has 0 bridgehead atoms. The minimum absolute atomic E-state index is 0.00176. The summed E-state index contributed by atoms with van der Waals surface area (Å²) in [5.74, 6) is -3.11. The van der Waals surface area contributed by atoms with Gasteiger partial charge >= 0.3 is 5.97 Å². The molecule has 0 aliphatic carbocycles. The number of hydrogen-bond donors (Lipinski definition) is 4. The zero-order chi connectivity index (χ0) is 30.0. The van der Waals surface area contributed by atoms with Crippen LogP contribution in [0.1, 0.15) is 54.9 Å². The molecule has 0 unspecified atom stereocenters. The monoisotopic (exact) mass is 557 g/mol. The van der Waals surface area contributed by atoms with E-state index in [1.165, 1.54) is 19.1 Å². The van der Waals surface area contributed by atoms with Gasteiger partial charge in [0.1, 0.15) is 18.1 Å². The molecule has 1 saturated heterocycles. The van der Waals surface area contributed by atoms with E-state index >= 15 is 0 Å². The van der Waals surface area contributed by atoms with Crippen LogP contribution < -0.4 is 21.7 Å². The number of methoxy groups -OCH3 is 2. The van der Waals surface area contributed by atoms with Gasteiger partial charge in [-0.1, -0.05) is 41.5 Å². The van der Waals surface area contributed by atoms with Crippen molar-refractivity contribution >= 4 is 29.6 Å². The lowest BCUT2D eigenvalue weighted by Crippen LogP contribution is -2.65. The highest BCUT2D eigenvalue weighted by atomic mass is 16.7. The van der Waals surface area contributed by atoms with E-state index in [1.807, 2.05) is 13.8 Å². The molecule has 1 aliphatic heterocycles. The van der Waals surface area contributed by atoms with Gasteiger partial charge in [0.15, 0.2) is 6.29 Å². The fourth-order valence-corrected chi connectivity index (χ4v) is 4.17. The predicted molar refractivity (Wildman–Crippen MR) is 143 cm³/mol. The predicted octanol–water partition coefficient (Wildman–Crippen LogP) is -0.481. The summed E-state index contributed by atoms with van der Waals surface area (Å²) in [7, 11) is 2.67. The molecule has 0 saturated carbocycles. The third-order valence-corrected chi connectivity index (χ3v) is 6.51. The van der Waals surface area contributed by atoms with Crippen molar-refractivity contribution in [2.24, 2.45) is 23.5 Å². The van der Waals surface area contributed by atoms with Crippen LogP contribution in [-0.2, 0) is 38.2 Å². The standard InChI is InChI=1S/C26H47N5O8/c1-13(2)10-17(23(33)30-21(15(5)6)26(36)38-9)29-18(32)11-28-24(34)22-16(7)39-19(37-8)12-31(22)25(35)20(27)14(3)4/h13-17,19-22H,10-12,27H2,1-9H3,(H,28,34)(H,29,32)(H,30,33)/t16-,17-,19-,20-,21-,22+/m1/s1. The second kappa shape index (κ2) is 15.7. The molecular formula is C26H47N5O8. The van der Waals surface area contributed by atoms with Gasteiger partial charge in [-0.05, 0) is 31.1 Å². The molecule has 4 amide bonds. The van der Waals surface area contributed by atoms with E-state index in [2.05, 4.69) is 16.0 Å². The van der Waals surface area contributed by atoms with Crippen molar-refractivity contribution in [2.75, 3.05) is 27.3 Å². The van der Waals surface area contributed by atoms with Crippen LogP contribution in [0.3, 0.4) is 0 Å². The SMILES string of the molecule is COC(=O)[C@H](NC(=O)[C@@H](CC(C)C)NC(=O)CNC(=O)[C@@H]1[C@@H](C)O[C@@H](OC)CN1C(=O)[C@H](N)C(C)C)C(C)C. The van der Waals surface area contributed by atoms with Gasteiger partial charge in [-0.15, -0.1) is 0 Å². The Bertz CT molecular complexity index is 865. The number of hydrogen-bond acceptors (Lipinski definition) is 9. The number of carbonyl (C=O) groups excluding carboxylic acids is 5. The number of nitrogens with two attached hydrogens (primary N) is 1. The van der Waals surface area contributed by atoms with Crippen molar-refractivity contribution in [1.82, 2.24) is 20.9 Å². The van der Waals surface area contributed by atoms with Crippen molar-refractivity contribution in [3.8, 4) is 0 Å². The maximum absolute atomic E-state index is 13.2. The summed E-state index contributed by atoms with van der Waals surface area (Å²) >= 11 is 0. The van der Waals surface area contributed by atoms with E-state index in [1.54, 1.807) is 34.6 Å². The van der Waals surface area contributed by atoms with Gasteiger partial charge in [-0.25, -0.2) is 4.79 Å². The van der Waals surface area contributed by atoms with Gasteiger partial charge in [0.2, 0.25) is 23.6 Å². The average molecular weight is 558 g/mol. The largest absolute Gasteiger partial charge is 0.467 e. The molecular weight excluding hydrogens is 510 g/mol. The lowest BCUT2D eigenvalue weighted by atomic mass is 10.00. The molecule has 1 aliphatic rings. The summed E-state index contributed by atoms with van der Waals surface area (Å²) in [6.45, 7) is 12.1. The zero-order valence-electron chi connectivity index (χ0n) is 24.6. The van der Waals surface area contributed by atoms with Crippen LogP contribution in [0.15, 0.2) is 0 Å². The van der Waals surface area contributed by atoms with Crippen LogP contribution in [0.2, 0.25) is 0 Å². The summed E-state index contributed by atoms with van der Waals surface area (Å²) in [5, 5.41) is 7.82. The summed E-state index contributed by atoms with van der Waals surface area (Å²) in [5.41, 5.74) is 6.08. The summed E-state index contributed by atoms with van der Waals surface area (Å²) in [4.78, 5) is 65.4. The zero-order valence-corrected chi connectivity index (χ0v) is 24.6. The molecule has 0 aromatic rings. The molecule has 13 nitrogen and oxygen atoms in total. The second-order valence-electron chi connectivity index (χ2n) is 10.9. The topological polar surface area (TPSA) is 178 Å². The van der Waals surface area contributed by atoms with E-state index in [0.717, 1.165) is 0 Å². The van der Waals surface area contributed by atoms with E-state index in [0.29, 0.717) is 6.42 Å². The van der Waals surface area contributed by atoms with Gasteiger partial charge in [0.05, 0.1) is 32.3 Å². The second-order valence-corrected chi connectivity index (χ2v) is 10.9. The van der Waals surface area contributed by atoms with Crippen LogP contribution in [0.5, 0.6) is 0 Å². The highest BCUT2D eigenvalue weighted by molar-refractivity contribution is 5.94. The Hall–Kier alpha value is -2.77. The summed E-state index contributed by atoms with van der Waals surface area (Å²) < 4.78 is 15.7. The van der Waals surface area contributed by atoms with Crippen molar-refractivity contribution in [2.45, 2.75) is 91.4 Å². The quantitative estimate of drug-likeness (QED) is 0.218. The first-order chi connectivity index (χ1) is 18.1. The van der Waals surface area contributed by atoms with Crippen LogP contribution >= 0.6 is 0 Å². The molecule has 1 heterocycles. The number of amides is 4. The molecule has 1 fully saturated rings. The molecule has 5 N–H and O–H groups in total. The highest BCUT2D eigenvalue weighted by Crippen LogP contribution is 2.21. The Morgan fingerprint density at radius 1 is 1.00 bits per heavy atom. The first kappa shape index (κ1) is 34.3. The smallest absolute Gasteiger partial charge is 0.328 e. The number of morpholine rings is 1. The minimum atomic E-state index is -1.04. The number of carbonyl (C=O) groups is 5. The van der Waals surface area contributed by atoms with Gasteiger partial charge in [-0.3, -0.25) is 19.2 Å². The third kappa shape index (κ3) is 10.0. The summed E-state index contributed by atoms with van der Waals surface area (Å²) in [6, 6.07) is -3.69. The molecule has 6 atom stereocenters. The van der Waals surface area contributed by atoms with E-state index in [4.69, 9.17) is 19.9 Å². The lowest BCUT2D eigenvalue weighted by molar-refractivity contribution is -0.214. The number of esters is 1. The number of ether oxygens (including phenoxy) is 3. The van der Waals surface area contributed by atoms with Crippen LogP contribution in [0.25, 0.3) is 0 Å². The van der Waals surface area contributed by atoms with Crippen molar-refractivity contribution < 1.29 is 38.2 Å². The molecule has 1 rings (SSSR count). The Kier molecular flexibility index (Phi) is 13.8. The highest BCUT2D eigenvalue weighted by Gasteiger charge is 2.43. The third-order valence-electron chi connectivity index (χ3n) is 6.51. The van der Waals surface area contributed by atoms with Crippen molar-refractivity contribution in [3.05, 3.63) is 0 Å². The van der Waals surface area contributed by atoms with Crippen molar-refractivity contribution in [3.63, 3.8) is 0 Å². The van der Waals surface area contributed by atoms with Gasteiger partial charge in [0.25, 0.3) is 0 Å². The molecule has 0 aromatic carbocycles. The maximum atomic E-state index is 13.2. The Morgan fingerprint density at radius 2 is 1.62 bits per heavy atom. The van der Waals surface area contributed by atoms with Crippen molar-refractivity contribution in [1.29, 1.82) is 0 Å². The first-order valence-electron chi connectivity index (χ1n) is 13.3. The Balaban J connectivity index is 2.95. The summed E-state index contributed by atoms with van der Waals surface area (Å²) in [6.07, 6.45) is -1.16. The maximum Gasteiger partial charge on any atom is 0.328 e. The van der Waals surface area contributed by atoms with Crippen LogP contribution in [-0.4, -0.2) is 98.4 Å². The molecule has 0 radical (unpaired) electrons. The fourth-order valence-electron chi connectivity index (χ4n) is 4.17. The Morgan fingerprint density at radius 3 is 2.10 bits per heavy atom. The molecule has 224 valence electrons. The number of rotatable bonds is 13. The van der Waals surface area contributed by atoms with Gasteiger partial charge < -0.3 is 40.8 Å².